The van der Waals surface area contributed by atoms with Gasteiger partial charge in [0.05, 0.1) is 11.5 Å². The van der Waals surface area contributed by atoms with Gasteiger partial charge in [0, 0.05) is 0 Å². The van der Waals surface area contributed by atoms with Crippen molar-refractivity contribution in [3.05, 3.63) is 35.4 Å². The maximum Gasteiger partial charge on any atom is 0.387 e. The molecule has 0 bridgehead atoms. The average molecular weight is 238 g/mol. The van der Waals surface area contributed by atoms with Gasteiger partial charge in [-0.2, -0.15) is 14.0 Å². The lowest BCUT2D eigenvalue weighted by Crippen LogP contribution is -2.23. The largest absolute Gasteiger partial charge is 0.544 e. The molecule has 0 aliphatic heterocycles. The molecule has 1 aromatic carbocycles. The first-order valence-electron chi connectivity index (χ1n) is 4.41. The van der Waals surface area contributed by atoms with Crippen LogP contribution >= 0.6 is 0 Å². The molecule has 0 spiro atoms. The van der Waals surface area contributed by atoms with Gasteiger partial charge in [0.15, 0.2) is 0 Å². The minimum Gasteiger partial charge on any atom is -0.544 e. The summed E-state index contributed by atoms with van der Waals surface area (Å²) in [5.74, 6) is -1.65. The van der Waals surface area contributed by atoms with Gasteiger partial charge in [-0.1, -0.05) is 12.1 Å². The fourth-order valence-electron chi connectivity index (χ4n) is 1.05. The summed E-state index contributed by atoms with van der Waals surface area (Å²) in [5, 5.41) is 18.9. The molecule has 0 fully saturated rings. The molecule has 0 heterocycles. The van der Waals surface area contributed by atoms with E-state index in [1.54, 1.807) is 0 Å². The Labute approximate surface area is 95.4 Å². The summed E-state index contributed by atoms with van der Waals surface area (Å²) in [4.78, 5) is 10.4. The van der Waals surface area contributed by atoms with Crippen LogP contribution in [0.5, 0.6) is 5.75 Å². The summed E-state index contributed by atoms with van der Waals surface area (Å²) in [6.07, 6.45) is 1.07. The fraction of sp³-hybridized carbons (Fsp3) is 0.0909. The summed E-state index contributed by atoms with van der Waals surface area (Å²) in [6.45, 7) is -2.92. The summed E-state index contributed by atoms with van der Waals surface area (Å²) < 4.78 is 27.8. The molecule has 1 rings (SSSR count). The molecular weight excluding hydrogens is 232 g/mol. The van der Waals surface area contributed by atoms with E-state index < -0.39 is 18.2 Å². The van der Waals surface area contributed by atoms with Crippen molar-refractivity contribution in [1.29, 1.82) is 5.26 Å². The number of rotatable bonds is 4. The molecule has 0 atom stereocenters. The van der Waals surface area contributed by atoms with E-state index in [0.29, 0.717) is 5.56 Å². The molecule has 17 heavy (non-hydrogen) atoms. The van der Waals surface area contributed by atoms with Crippen LogP contribution in [0.4, 0.5) is 8.78 Å². The zero-order chi connectivity index (χ0) is 12.8. The number of alkyl halides is 2. The molecule has 0 aliphatic carbocycles. The second-order valence-corrected chi connectivity index (χ2v) is 2.90. The molecule has 4 nitrogen and oxygen atoms in total. The van der Waals surface area contributed by atoms with Gasteiger partial charge in [0.2, 0.25) is 0 Å². The van der Waals surface area contributed by atoms with Crippen molar-refractivity contribution in [1.82, 2.24) is 0 Å². The number of hydrogen-bond acceptors (Lipinski definition) is 4. The number of carbonyl (C=O) groups is 1. The first kappa shape index (κ1) is 12.6. The first-order valence-corrected chi connectivity index (χ1v) is 4.41. The topological polar surface area (TPSA) is 73.1 Å². The van der Waals surface area contributed by atoms with E-state index in [-0.39, 0.29) is 5.75 Å². The number of benzene rings is 1. The van der Waals surface area contributed by atoms with Crippen molar-refractivity contribution in [3.63, 3.8) is 0 Å². The molecule has 0 saturated heterocycles. The van der Waals surface area contributed by atoms with Crippen molar-refractivity contribution >= 4 is 12.0 Å². The predicted molar refractivity (Wildman–Crippen MR) is 51.7 cm³/mol. The van der Waals surface area contributed by atoms with Gasteiger partial charge in [-0.15, -0.1) is 0 Å². The number of carboxylic acid groups (broad SMARTS) is 1. The van der Waals surface area contributed by atoms with E-state index in [1.807, 2.05) is 0 Å². The maximum absolute atomic E-state index is 11.8. The van der Waals surface area contributed by atoms with Gasteiger partial charge in [-0.05, 0) is 23.8 Å². The maximum atomic E-state index is 11.8. The van der Waals surface area contributed by atoms with Crippen molar-refractivity contribution < 1.29 is 23.4 Å². The highest BCUT2D eigenvalue weighted by atomic mass is 19.3. The normalized spacial score (nSPS) is 11.1. The lowest BCUT2D eigenvalue weighted by molar-refractivity contribution is -0.298. The molecule has 0 amide bonds. The van der Waals surface area contributed by atoms with Gasteiger partial charge in [0.25, 0.3) is 0 Å². The minimum absolute atomic E-state index is 0.0518. The van der Waals surface area contributed by atoms with Crippen LogP contribution in [0.1, 0.15) is 5.56 Å². The highest BCUT2D eigenvalue weighted by molar-refractivity contribution is 5.95. The third-order valence-corrected chi connectivity index (χ3v) is 1.76. The molecule has 0 unspecified atom stereocenters. The van der Waals surface area contributed by atoms with Gasteiger partial charge < -0.3 is 14.6 Å². The van der Waals surface area contributed by atoms with Crippen molar-refractivity contribution in [2.75, 3.05) is 0 Å². The lowest BCUT2D eigenvalue weighted by atomic mass is 10.1. The van der Waals surface area contributed by atoms with Crippen LogP contribution in [0.25, 0.3) is 6.08 Å². The van der Waals surface area contributed by atoms with Crippen molar-refractivity contribution in [2.24, 2.45) is 0 Å². The van der Waals surface area contributed by atoms with E-state index in [4.69, 9.17) is 5.26 Å². The summed E-state index contributed by atoms with van der Waals surface area (Å²) in [5.41, 5.74) is -0.181. The van der Waals surface area contributed by atoms with Crippen LogP contribution in [-0.4, -0.2) is 12.6 Å². The summed E-state index contributed by atoms with van der Waals surface area (Å²) >= 11 is 0. The summed E-state index contributed by atoms with van der Waals surface area (Å²) in [6, 6.07) is 6.61. The highest BCUT2D eigenvalue weighted by Crippen LogP contribution is 2.16. The molecule has 0 radical (unpaired) electrons. The van der Waals surface area contributed by atoms with Crippen LogP contribution in [0.15, 0.2) is 29.8 Å². The van der Waals surface area contributed by atoms with E-state index >= 15 is 0 Å². The molecule has 0 aromatic heterocycles. The van der Waals surface area contributed by atoms with E-state index in [9.17, 15) is 18.7 Å². The highest BCUT2D eigenvalue weighted by Gasteiger charge is 2.03. The quantitative estimate of drug-likeness (QED) is 0.578. The van der Waals surface area contributed by atoms with Gasteiger partial charge in [-0.3, -0.25) is 0 Å². The molecule has 0 N–H and O–H groups in total. The molecule has 88 valence electrons. The number of nitriles is 1. The predicted octanol–water partition coefficient (Wildman–Crippen LogP) is 0.945. The Morgan fingerprint density at radius 3 is 2.41 bits per heavy atom. The van der Waals surface area contributed by atoms with Gasteiger partial charge in [-0.25, -0.2) is 0 Å². The second-order valence-electron chi connectivity index (χ2n) is 2.90. The zero-order valence-electron chi connectivity index (χ0n) is 8.39. The van der Waals surface area contributed by atoms with Crippen molar-refractivity contribution in [2.45, 2.75) is 6.61 Å². The molecular formula is C11H6F2NO3-. The van der Waals surface area contributed by atoms with E-state index in [0.717, 1.165) is 6.08 Å². The Balaban J connectivity index is 2.88. The summed E-state index contributed by atoms with van der Waals surface area (Å²) in [7, 11) is 0. The van der Waals surface area contributed by atoms with Crippen LogP contribution in [0.2, 0.25) is 0 Å². The number of halogens is 2. The number of hydrogen-bond donors (Lipinski definition) is 0. The number of aliphatic carboxylic acids is 1. The smallest absolute Gasteiger partial charge is 0.387 e. The monoisotopic (exact) mass is 238 g/mol. The number of carbonyl (C=O) groups excluding carboxylic acids is 1. The molecule has 0 saturated carbocycles. The van der Waals surface area contributed by atoms with Crippen LogP contribution in [0, 0.1) is 11.3 Å². The lowest BCUT2D eigenvalue weighted by Gasteiger charge is -2.04. The van der Waals surface area contributed by atoms with Gasteiger partial charge in [0.1, 0.15) is 11.8 Å². The first-order chi connectivity index (χ1) is 8.02. The molecule has 6 heteroatoms. The zero-order valence-corrected chi connectivity index (χ0v) is 8.39. The average Bonchev–Trinajstić information content (AvgIpc) is 2.26. The Morgan fingerprint density at radius 2 is 2.00 bits per heavy atom. The van der Waals surface area contributed by atoms with E-state index in [2.05, 4.69) is 4.74 Å². The minimum atomic E-state index is -2.92. The number of carboxylic acids is 1. The fourth-order valence-corrected chi connectivity index (χ4v) is 1.05. The Morgan fingerprint density at radius 1 is 1.41 bits per heavy atom. The van der Waals surface area contributed by atoms with Crippen LogP contribution < -0.4 is 9.84 Å². The Bertz CT molecular complexity index is 474. The molecule has 1 aromatic rings. The van der Waals surface area contributed by atoms with Crippen LogP contribution in [-0.2, 0) is 4.79 Å². The third-order valence-electron chi connectivity index (χ3n) is 1.76. The number of ether oxygens (including phenoxy) is 1. The number of nitrogens with zero attached hydrogens (tertiary/aromatic N) is 1. The van der Waals surface area contributed by atoms with Crippen molar-refractivity contribution in [3.8, 4) is 11.8 Å². The Kier molecular flexibility index (Phi) is 4.17. The van der Waals surface area contributed by atoms with Gasteiger partial charge >= 0.3 is 6.61 Å². The third kappa shape index (κ3) is 3.91. The second kappa shape index (κ2) is 5.61. The SMILES string of the molecule is N#C/C(=C\c1ccc(OC(F)F)cc1)C(=O)[O-]. The molecule has 0 aliphatic rings. The van der Waals surface area contributed by atoms with E-state index in [1.165, 1.54) is 30.3 Å². The standard InChI is InChI=1S/C11H7F2NO3/c12-11(13)17-9-3-1-7(2-4-9)5-8(6-14)10(15)16/h1-5,11H,(H,15,16)/p-1/b8-5+. The van der Waals surface area contributed by atoms with Crippen LogP contribution in [0.3, 0.4) is 0 Å². The Hall–Kier alpha value is -2.42.